The number of carbonyl (C=O) groups excluding carboxylic acids is 1. The molecule has 0 aliphatic heterocycles. The summed E-state index contributed by atoms with van der Waals surface area (Å²) in [6.45, 7) is 4.02. The maximum absolute atomic E-state index is 13.6. The highest BCUT2D eigenvalue weighted by atomic mass is 32.1. The van der Waals surface area contributed by atoms with Crippen LogP contribution in [0.4, 0.5) is 5.13 Å². The highest BCUT2D eigenvalue weighted by Crippen LogP contribution is 2.39. The van der Waals surface area contributed by atoms with Crippen LogP contribution in [-0.2, 0) is 16.6 Å². The number of thiazole rings is 1. The summed E-state index contributed by atoms with van der Waals surface area (Å²) >= 11 is 1.42. The summed E-state index contributed by atoms with van der Waals surface area (Å²) in [5.41, 5.74) is 4.99. The van der Waals surface area contributed by atoms with E-state index in [9.17, 15) is 14.7 Å². The van der Waals surface area contributed by atoms with Crippen LogP contribution in [0, 0.1) is 11.8 Å². The summed E-state index contributed by atoms with van der Waals surface area (Å²) in [6, 6.07) is 9.95. The molecule has 1 amide bonds. The number of aryl methyl sites for hydroxylation is 1. The van der Waals surface area contributed by atoms with Crippen molar-refractivity contribution in [2.45, 2.75) is 45.6 Å². The number of anilines is 1. The molecule has 1 unspecified atom stereocenters. The first-order valence-corrected chi connectivity index (χ1v) is 13.1. The fourth-order valence-electron chi connectivity index (χ4n) is 4.60. The lowest BCUT2D eigenvalue weighted by molar-refractivity contribution is -0.140. The smallest absolute Gasteiger partial charge is 0.304 e. The van der Waals surface area contributed by atoms with Crippen molar-refractivity contribution in [3.8, 4) is 22.5 Å². The summed E-state index contributed by atoms with van der Waals surface area (Å²) in [6.07, 6.45) is 5.90. The molecule has 1 aliphatic carbocycles. The minimum atomic E-state index is -0.949. The Labute approximate surface area is 213 Å². The van der Waals surface area contributed by atoms with Crippen molar-refractivity contribution >= 4 is 39.5 Å². The molecule has 1 atom stereocenters. The van der Waals surface area contributed by atoms with Crippen LogP contribution in [0.2, 0.25) is 0 Å². The number of rotatable bonds is 9. The van der Waals surface area contributed by atoms with E-state index >= 15 is 0 Å². The molecule has 5 rings (SSSR count). The normalized spacial score (nSPS) is 14.3. The molecule has 0 spiro atoms. The summed E-state index contributed by atoms with van der Waals surface area (Å²) in [5.74, 6) is -1.42. The van der Waals surface area contributed by atoms with E-state index in [0.29, 0.717) is 11.6 Å². The summed E-state index contributed by atoms with van der Waals surface area (Å²) in [7, 11) is 1.94. The van der Waals surface area contributed by atoms with Crippen LogP contribution in [0.1, 0.15) is 39.5 Å². The molecule has 1 N–H and O–H groups in total. The van der Waals surface area contributed by atoms with E-state index in [1.54, 1.807) is 11.1 Å². The lowest BCUT2D eigenvalue weighted by Crippen LogP contribution is -2.39. The zero-order valence-electron chi connectivity index (χ0n) is 20.6. The summed E-state index contributed by atoms with van der Waals surface area (Å²) < 4.78 is 1.94. The van der Waals surface area contributed by atoms with Crippen molar-refractivity contribution in [3.63, 3.8) is 0 Å². The Bertz CT molecular complexity index is 1420. The molecule has 3 heterocycles. The number of nitrogens with zero attached hydrogens (tertiary/aromatic N) is 5. The summed E-state index contributed by atoms with van der Waals surface area (Å²) in [5, 5.41) is 12.0. The fourth-order valence-corrected chi connectivity index (χ4v) is 5.50. The van der Waals surface area contributed by atoms with Gasteiger partial charge in [-0.2, -0.15) is 0 Å². The van der Waals surface area contributed by atoms with Gasteiger partial charge in [0.15, 0.2) is 10.8 Å². The Morgan fingerprint density at radius 2 is 1.86 bits per heavy atom. The van der Waals surface area contributed by atoms with Gasteiger partial charge in [-0.05, 0) is 31.2 Å². The highest BCUT2D eigenvalue weighted by molar-refractivity contribution is 7.14. The maximum atomic E-state index is 13.6. The Kier molecular flexibility index (Phi) is 6.57. The van der Waals surface area contributed by atoms with Crippen LogP contribution in [0.5, 0.6) is 0 Å². The predicted octanol–water partition coefficient (Wildman–Crippen LogP) is 5.39. The lowest BCUT2D eigenvalue weighted by atomic mass is 9.93. The number of aliphatic carboxylic acids is 1. The van der Waals surface area contributed by atoms with Gasteiger partial charge < -0.3 is 9.67 Å². The molecule has 0 bridgehead atoms. The second-order valence-corrected chi connectivity index (χ2v) is 10.7. The Hall–Kier alpha value is -3.59. The van der Waals surface area contributed by atoms with Crippen LogP contribution in [-0.4, -0.2) is 42.5 Å². The van der Waals surface area contributed by atoms with Gasteiger partial charge in [-0.15, -0.1) is 11.3 Å². The quantitative estimate of drug-likeness (QED) is 0.329. The SMILES string of the molecule is CC(C)CC(CC(=O)O)C(=O)N(c1nc(-c2ccccc2-c2cnc3c(ccn3C)n2)cs1)C1CC1. The van der Waals surface area contributed by atoms with Crippen molar-refractivity contribution in [2.24, 2.45) is 18.9 Å². The minimum Gasteiger partial charge on any atom is -0.481 e. The van der Waals surface area contributed by atoms with Crippen LogP contribution in [0.15, 0.2) is 48.1 Å². The van der Waals surface area contributed by atoms with Gasteiger partial charge in [-0.1, -0.05) is 38.1 Å². The van der Waals surface area contributed by atoms with Crippen LogP contribution in [0.3, 0.4) is 0 Å². The van der Waals surface area contributed by atoms with Gasteiger partial charge in [0.2, 0.25) is 5.91 Å². The van der Waals surface area contributed by atoms with Crippen molar-refractivity contribution < 1.29 is 14.7 Å². The van der Waals surface area contributed by atoms with Crippen molar-refractivity contribution in [3.05, 3.63) is 48.1 Å². The molecule has 1 aliphatic rings. The molecule has 0 radical (unpaired) electrons. The number of fused-ring (bicyclic) bond motifs is 1. The monoisotopic (exact) mass is 503 g/mol. The number of amides is 1. The van der Waals surface area contributed by atoms with Crippen LogP contribution in [0.25, 0.3) is 33.7 Å². The van der Waals surface area contributed by atoms with E-state index in [1.165, 1.54) is 11.3 Å². The third-order valence-electron chi connectivity index (χ3n) is 6.42. The second kappa shape index (κ2) is 9.81. The third-order valence-corrected chi connectivity index (χ3v) is 7.26. The standard InChI is InChI=1S/C27H29N5O3S/c1-16(2)12-17(13-24(33)34)26(35)32(18-8-9-18)27-30-23(15-36-27)20-7-5-4-6-19(20)22-14-28-25-21(29-22)10-11-31(25)3/h4-7,10-11,14-18H,8-9,12-13H2,1-3H3,(H,33,34). The first kappa shape index (κ1) is 24.1. The van der Waals surface area contributed by atoms with E-state index in [1.807, 2.05) is 67.4 Å². The van der Waals surface area contributed by atoms with Gasteiger partial charge in [0.25, 0.3) is 0 Å². The predicted molar refractivity (Wildman–Crippen MR) is 141 cm³/mol. The number of hydrogen-bond acceptors (Lipinski definition) is 6. The largest absolute Gasteiger partial charge is 0.481 e. The van der Waals surface area contributed by atoms with E-state index in [0.717, 1.165) is 46.5 Å². The molecule has 4 aromatic rings. The Morgan fingerprint density at radius 3 is 2.53 bits per heavy atom. The zero-order chi connectivity index (χ0) is 25.4. The lowest BCUT2D eigenvalue weighted by Gasteiger charge is -2.25. The van der Waals surface area contributed by atoms with Gasteiger partial charge >= 0.3 is 5.97 Å². The van der Waals surface area contributed by atoms with E-state index < -0.39 is 11.9 Å². The van der Waals surface area contributed by atoms with E-state index in [2.05, 4.69) is 4.98 Å². The number of carbonyl (C=O) groups is 2. The molecule has 9 heteroatoms. The molecule has 0 saturated heterocycles. The number of hydrogen-bond donors (Lipinski definition) is 1. The van der Waals surface area contributed by atoms with Crippen LogP contribution >= 0.6 is 11.3 Å². The van der Waals surface area contributed by atoms with Gasteiger partial charge in [-0.25, -0.2) is 15.0 Å². The van der Waals surface area contributed by atoms with Crippen molar-refractivity contribution in [1.82, 2.24) is 19.5 Å². The highest BCUT2D eigenvalue weighted by Gasteiger charge is 2.39. The molecular weight excluding hydrogens is 474 g/mol. The first-order chi connectivity index (χ1) is 17.3. The molecular formula is C27H29N5O3S. The van der Waals surface area contributed by atoms with Crippen LogP contribution < -0.4 is 4.90 Å². The number of aromatic nitrogens is 4. The number of benzene rings is 1. The number of carboxylic acid groups (broad SMARTS) is 1. The zero-order valence-corrected chi connectivity index (χ0v) is 21.4. The molecule has 1 saturated carbocycles. The molecule has 1 aromatic carbocycles. The minimum absolute atomic E-state index is 0.0848. The average Bonchev–Trinajstić information content (AvgIpc) is 3.44. The molecule has 186 valence electrons. The van der Waals surface area contributed by atoms with E-state index in [4.69, 9.17) is 9.97 Å². The van der Waals surface area contributed by atoms with Crippen molar-refractivity contribution in [2.75, 3.05) is 4.90 Å². The van der Waals surface area contributed by atoms with Gasteiger partial charge in [0, 0.05) is 41.7 Å². The topological polar surface area (TPSA) is 101 Å². The Balaban J connectivity index is 1.48. The molecule has 8 nitrogen and oxygen atoms in total. The summed E-state index contributed by atoms with van der Waals surface area (Å²) in [4.78, 5) is 41.1. The van der Waals surface area contributed by atoms with Gasteiger partial charge in [0.05, 0.1) is 24.0 Å². The fraction of sp³-hybridized carbons (Fsp3) is 0.370. The number of carboxylic acids is 1. The molecule has 36 heavy (non-hydrogen) atoms. The maximum Gasteiger partial charge on any atom is 0.304 e. The van der Waals surface area contributed by atoms with Crippen molar-refractivity contribution in [1.29, 1.82) is 0 Å². The third kappa shape index (κ3) is 4.88. The molecule has 1 fully saturated rings. The average molecular weight is 504 g/mol. The molecule has 3 aromatic heterocycles. The van der Waals surface area contributed by atoms with E-state index in [-0.39, 0.29) is 24.3 Å². The first-order valence-electron chi connectivity index (χ1n) is 12.2. The van der Waals surface area contributed by atoms with Gasteiger partial charge in [-0.3, -0.25) is 14.5 Å². The Morgan fingerprint density at radius 1 is 1.14 bits per heavy atom. The second-order valence-electron chi connectivity index (χ2n) is 9.82. The van der Waals surface area contributed by atoms with Gasteiger partial charge in [0.1, 0.15) is 5.52 Å².